The minimum Gasteiger partial charge on any atom is -0.453 e. The molecule has 1 aromatic rings. The molecule has 5 nitrogen and oxygen atoms in total. The SMILES string of the molecule is COC(=O)N[C@]1(C)C[C@H](C(=O)N(C)[C@H]2C[C@@H](c3ccc(C4(C)CC4)cc3)C2)C1. The Bertz CT molecular complexity index is 757. The Morgan fingerprint density at radius 2 is 1.71 bits per heavy atom. The van der Waals surface area contributed by atoms with Crippen molar-refractivity contribution in [3.05, 3.63) is 35.4 Å². The second-order valence-corrected chi connectivity index (χ2v) is 9.74. The minimum absolute atomic E-state index is 0.00442. The van der Waals surface area contributed by atoms with Gasteiger partial charge in [0, 0.05) is 24.5 Å². The van der Waals surface area contributed by atoms with E-state index in [0.29, 0.717) is 30.2 Å². The van der Waals surface area contributed by atoms with Crippen molar-refractivity contribution < 1.29 is 14.3 Å². The first-order valence-corrected chi connectivity index (χ1v) is 10.5. The Morgan fingerprint density at radius 1 is 1.11 bits per heavy atom. The van der Waals surface area contributed by atoms with E-state index in [-0.39, 0.29) is 17.4 Å². The van der Waals surface area contributed by atoms with Gasteiger partial charge < -0.3 is 15.0 Å². The lowest BCUT2D eigenvalue weighted by Crippen LogP contribution is -2.59. The number of rotatable bonds is 5. The number of hydrogen-bond acceptors (Lipinski definition) is 3. The summed E-state index contributed by atoms with van der Waals surface area (Å²) in [6.45, 7) is 4.31. The maximum Gasteiger partial charge on any atom is 0.407 e. The third kappa shape index (κ3) is 3.51. The topological polar surface area (TPSA) is 58.6 Å². The first-order valence-electron chi connectivity index (χ1n) is 10.5. The summed E-state index contributed by atoms with van der Waals surface area (Å²) in [6, 6.07) is 9.51. The molecular formula is C23H32N2O3. The van der Waals surface area contributed by atoms with Gasteiger partial charge in [-0.1, -0.05) is 31.2 Å². The van der Waals surface area contributed by atoms with Crippen LogP contribution in [0.3, 0.4) is 0 Å². The molecule has 0 aliphatic heterocycles. The number of hydrogen-bond donors (Lipinski definition) is 1. The van der Waals surface area contributed by atoms with Crippen LogP contribution in [-0.2, 0) is 14.9 Å². The Labute approximate surface area is 167 Å². The van der Waals surface area contributed by atoms with Crippen molar-refractivity contribution >= 4 is 12.0 Å². The quantitative estimate of drug-likeness (QED) is 0.836. The molecule has 3 aliphatic carbocycles. The van der Waals surface area contributed by atoms with Crippen LogP contribution in [0.25, 0.3) is 0 Å². The lowest BCUT2D eigenvalue weighted by atomic mass is 9.68. The number of alkyl carbamates (subject to hydrolysis) is 1. The molecule has 0 heterocycles. The van der Waals surface area contributed by atoms with Crippen LogP contribution in [0.4, 0.5) is 4.79 Å². The van der Waals surface area contributed by atoms with Crippen molar-refractivity contribution in [2.45, 2.75) is 75.3 Å². The van der Waals surface area contributed by atoms with E-state index in [9.17, 15) is 9.59 Å². The van der Waals surface area contributed by atoms with Crippen LogP contribution in [-0.4, -0.2) is 42.6 Å². The van der Waals surface area contributed by atoms with E-state index >= 15 is 0 Å². The minimum atomic E-state index is -0.426. The number of ether oxygens (including phenoxy) is 1. The maximum atomic E-state index is 12.8. The fourth-order valence-corrected chi connectivity index (χ4v) is 4.88. The monoisotopic (exact) mass is 384 g/mol. The smallest absolute Gasteiger partial charge is 0.407 e. The van der Waals surface area contributed by atoms with Gasteiger partial charge in [-0.25, -0.2) is 4.79 Å². The first kappa shape index (κ1) is 19.3. The number of carbonyl (C=O) groups excluding carboxylic acids is 2. The molecule has 0 bridgehead atoms. The van der Waals surface area contributed by atoms with Gasteiger partial charge in [-0.15, -0.1) is 0 Å². The second kappa shape index (κ2) is 6.78. The largest absolute Gasteiger partial charge is 0.453 e. The second-order valence-electron chi connectivity index (χ2n) is 9.74. The van der Waals surface area contributed by atoms with Gasteiger partial charge in [-0.3, -0.25) is 4.79 Å². The average molecular weight is 385 g/mol. The van der Waals surface area contributed by atoms with Gasteiger partial charge in [0.25, 0.3) is 0 Å². The molecule has 3 saturated carbocycles. The Balaban J connectivity index is 1.25. The molecule has 0 unspecified atom stereocenters. The highest BCUT2D eigenvalue weighted by Crippen LogP contribution is 2.48. The number of carbonyl (C=O) groups is 2. The molecular weight excluding hydrogens is 352 g/mol. The van der Waals surface area contributed by atoms with E-state index in [1.54, 1.807) is 0 Å². The van der Waals surface area contributed by atoms with Crippen LogP contribution in [0.1, 0.15) is 69.4 Å². The summed E-state index contributed by atoms with van der Waals surface area (Å²) in [5.74, 6) is 0.781. The van der Waals surface area contributed by atoms with Crippen molar-refractivity contribution in [2.24, 2.45) is 5.92 Å². The van der Waals surface area contributed by atoms with Crippen molar-refractivity contribution in [2.75, 3.05) is 14.2 Å². The lowest BCUT2D eigenvalue weighted by molar-refractivity contribution is -0.143. The van der Waals surface area contributed by atoms with Gasteiger partial charge in [0.15, 0.2) is 0 Å². The van der Waals surface area contributed by atoms with Crippen LogP contribution in [0.2, 0.25) is 0 Å². The van der Waals surface area contributed by atoms with Crippen LogP contribution >= 0.6 is 0 Å². The highest BCUT2D eigenvalue weighted by atomic mass is 16.5. The molecule has 3 aliphatic rings. The zero-order valence-corrected chi connectivity index (χ0v) is 17.5. The third-order valence-electron chi connectivity index (χ3n) is 7.42. The fraction of sp³-hybridized carbons (Fsp3) is 0.652. The third-order valence-corrected chi connectivity index (χ3v) is 7.42. The molecule has 0 aromatic heterocycles. The fourth-order valence-electron chi connectivity index (χ4n) is 4.88. The Kier molecular flexibility index (Phi) is 4.67. The summed E-state index contributed by atoms with van der Waals surface area (Å²) in [5.41, 5.74) is 2.97. The summed E-state index contributed by atoms with van der Waals surface area (Å²) in [6.07, 6.45) is 5.64. The molecule has 1 N–H and O–H groups in total. The van der Waals surface area contributed by atoms with Gasteiger partial charge in [-0.2, -0.15) is 0 Å². The van der Waals surface area contributed by atoms with Crippen LogP contribution in [0, 0.1) is 5.92 Å². The van der Waals surface area contributed by atoms with Gasteiger partial charge in [-0.05, 0) is 67.9 Å². The van der Waals surface area contributed by atoms with E-state index < -0.39 is 6.09 Å². The van der Waals surface area contributed by atoms with Crippen LogP contribution in [0.15, 0.2) is 24.3 Å². The molecule has 3 fully saturated rings. The average Bonchev–Trinajstić information content (AvgIpc) is 3.36. The summed E-state index contributed by atoms with van der Waals surface area (Å²) in [4.78, 5) is 26.1. The standard InChI is InChI=1S/C23H32N2O3/c1-22(9-10-22)18-7-5-15(6-8-18)16-11-19(12-16)25(3)20(26)17-13-23(2,14-17)24-21(27)28-4/h5-8,16-17,19H,9-14H2,1-4H3,(H,24,27)/t16-,17-,19+,23+. The molecule has 0 spiro atoms. The van der Waals surface area contributed by atoms with Gasteiger partial charge >= 0.3 is 6.09 Å². The Morgan fingerprint density at radius 3 is 2.25 bits per heavy atom. The van der Waals surface area contributed by atoms with Crippen LogP contribution < -0.4 is 5.32 Å². The summed E-state index contributed by atoms with van der Waals surface area (Å²) >= 11 is 0. The van der Waals surface area contributed by atoms with E-state index in [1.165, 1.54) is 31.1 Å². The van der Waals surface area contributed by atoms with Gasteiger partial charge in [0.2, 0.25) is 5.91 Å². The molecule has 0 radical (unpaired) electrons. The highest BCUT2D eigenvalue weighted by molar-refractivity contribution is 5.81. The van der Waals surface area contributed by atoms with E-state index in [1.807, 2.05) is 18.9 Å². The predicted molar refractivity (Wildman–Crippen MR) is 108 cm³/mol. The zero-order chi connectivity index (χ0) is 20.1. The van der Waals surface area contributed by atoms with Gasteiger partial charge in [0.05, 0.1) is 7.11 Å². The number of amides is 2. The normalized spacial score (nSPS) is 32.5. The molecule has 5 heteroatoms. The molecule has 2 amide bonds. The van der Waals surface area contributed by atoms with Crippen LogP contribution in [0.5, 0.6) is 0 Å². The molecule has 152 valence electrons. The highest BCUT2D eigenvalue weighted by Gasteiger charge is 2.47. The molecule has 0 atom stereocenters. The molecule has 28 heavy (non-hydrogen) atoms. The maximum absolute atomic E-state index is 12.8. The summed E-state index contributed by atoms with van der Waals surface area (Å²) in [5, 5.41) is 2.84. The van der Waals surface area contributed by atoms with Crippen molar-refractivity contribution in [1.82, 2.24) is 10.2 Å². The van der Waals surface area contributed by atoms with Gasteiger partial charge in [0.1, 0.15) is 0 Å². The van der Waals surface area contributed by atoms with E-state index in [2.05, 4.69) is 41.2 Å². The molecule has 1 aromatic carbocycles. The van der Waals surface area contributed by atoms with E-state index in [0.717, 1.165) is 12.8 Å². The number of methoxy groups -OCH3 is 1. The first-order chi connectivity index (χ1) is 13.2. The summed E-state index contributed by atoms with van der Waals surface area (Å²) in [7, 11) is 3.30. The summed E-state index contributed by atoms with van der Waals surface area (Å²) < 4.78 is 4.67. The zero-order valence-electron chi connectivity index (χ0n) is 17.5. The van der Waals surface area contributed by atoms with E-state index in [4.69, 9.17) is 0 Å². The number of nitrogens with zero attached hydrogens (tertiary/aromatic N) is 1. The van der Waals surface area contributed by atoms with Crippen molar-refractivity contribution in [1.29, 1.82) is 0 Å². The predicted octanol–water partition coefficient (Wildman–Crippen LogP) is 3.97. The number of benzene rings is 1. The lowest BCUT2D eigenvalue weighted by Gasteiger charge is -2.48. The number of nitrogens with one attached hydrogen (secondary N) is 1. The van der Waals surface area contributed by atoms with Crippen molar-refractivity contribution in [3.63, 3.8) is 0 Å². The Hall–Kier alpha value is -2.04. The molecule has 4 rings (SSSR count). The van der Waals surface area contributed by atoms with Crippen molar-refractivity contribution in [3.8, 4) is 0 Å². The molecule has 0 saturated heterocycles.